The van der Waals surface area contributed by atoms with Gasteiger partial charge >= 0.3 is 0 Å². The number of hydrogen-bond donors (Lipinski definition) is 1. The number of aliphatic hydroxyl groups excluding tert-OH is 1. The van der Waals surface area contributed by atoms with Crippen LogP contribution in [0.1, 0.15) is 39.5 Å². The summed E-state index contributed by atoms with van der Waals surface area (Å²) in [6.45, 7) is 6.49. The van der Waals surface area contributed by atoms with Crippen molar-refractivity contribution in [1.82, 2.24) is 4.90 Å². The first-order valence-electron chi connectivity index (χ1n) is 6.17. The first kappa shape index (κ1) is 11.4. The Morgan fingerprint density at radius 3 is 2.93 bits per heavy atom. The second kappa shape index (κ2) is 4.40. The fourth-order valence-corrected chi connectivity index (χ4v) is 3.13. The highest BCUT2D eigenvalue weighted by atomic mass is 16.5. The minimum Gasteiger partial charge on any atom is -0.395 e. The molecule has 0 spiro atoms. The normalized spacial score (nSPS) is 36.4. The van der Waals surface area contributed by atoms with Gasteiger partial charge in [-0.1, -0.05) is 0 Å². The van der Waals surface area contributed by atoms with Crippen LogP contribution in [0, 0.1) is 0 Å². The van der Waals surface area contributed by atoms with Crippen molar-refractivity contribution in [2.24, 2.45) is 0 Å². The van der Waals surface area contributed by atoms with Crippen molar-refractivity contribution < 1.29 is 9.84 Å². The van der Waals surface area contributed by atoms with Gasteiger partial charge in [-0.3, -0.25) is 4.90 Å². The van der Waals surface area contributed by atoms with E-state index < -0.39 is 0 Å². The number of nitrogens with zero attached hydrogens (tertiary/aromatic N) is 1. The molecule has 3 heteroatoms. The largest absolute Gasteiger partial charge is 0.395 e. The maximum Gasteiger partial charge on any atom is 0.0654 e. The van der Waals surface area contributed by atoms with Gasteiger partial charge in [-0.15, -0.1) is 0 Å². The molecule has 0 amide bonds. The number of rotatable bonds is 4. The van der Waals surface area contributed by atoms with Crippen molar-refractivity contribution in [1.29, 1.82) is 0 Å². The van der Waals surface area contributed by atoms with Crippen molar-refractivity contribution in [2.75, 3.05) is 19.8 Å². The third kappa shape index (κ3) is 2.05. The zero-order valence-electron chi connectivity index (χ0n) is 9.91. The second-order valence-corrected chi connectivity index (χ2v) is 5.26. The van der Waals surface area contributed by atoms with Gasteiger partial charge < -0.3 is 9.84 Å². The van der Waals surface area contributed by atoms with E-state index >= 15 is 0 Å². The lowest BCUT2D eigenvalue weighted by Crippen LogP contribution is -2.47. The molecule has 2 rings (SSSR count). The third-order valence-electron chi connectivity index (χ3n) is 3.93. The molecular weight excluding hydrogens is 190 g/mol. The van der Waals surface area contributed by atoms with E-state index in [0.29, 0.717) is 18.8 Å². The fourth-order valence-electron chi connectivity index (χ4n) is 3.13. The minimum atomic E-state index is 0.262. The summed E-state index contributed by atoms with van der Waals surface area (Å²) in [6.07, 6.45) is 5.16. The van der Waals surface area contributed by atoms with Crippen molar-refractivity contribution in [2.45, 2.75) is 57.2 Å². The molecule has 0 aromatic heterocycles. The maximum absolute atomic E-state index is 9.32. The topological polar surface area (TPSA) is 32.7 Å². The first-order chi connectivity index (χ1) is 7.18. The molecule has 2 aliphatic heterocycles. The molecule has 0 aromatic rings. The Kier molecular flexibility index (Phi) is 3.33. The molecule has 2 atom stereocenters. The van der Waals surface area contributed by atoms with Crippen LogP contribution in [0.5, 0.6) is 0 Å². The van der Waals surface area contributed by atoms with E-state index in [1.54, 1.807) is 0 Å². The zero-order chi connectivity index (χ0) is 10.9. The van der Waals surface area contributed by atoms with E-state index in [4.69, 9.17) is 4.74 Å². The lowest BCUT2D eigenvalue weighted by Gasteiger charge is -2.35. The van der Waals surface area contributed by atoms with Gasteiger partial charge in [0.25, 0.3) is 0 Å². The highest BCUT2D eigenvalue weighted by Crippen LogP contribution is 2.42. The maximum atomic E-state index is 9.32. The van der Waals surface area contributed by atoms with Crippen molar-refractivity contribution in [3.05, 3.63) is 0 Å². The van der Waals surface area contributed by atoms with Gasteiger partial charge in [-0.2, -0.15) is 0 Å². The summed E-state index contributed by atoms with van der Waals surface area (Å²) < 4.78 is 5.80. The molecule has 0 bridgehead atoms. The van der Waals surface area contributed by atoms with Gasteiger partial charge in [0, 0.05) is 11.6 Å². The van der Waals surface area contributed by atoms with Gasteiger partial charge in [-0.05, 0) is 46.1 Å². The smallest absolute Gasteiger partial charge is 0.0654 e. The van der Waals surface area contributed by atoms with Gasteiger partial charge in [-0.25, -0.2) is 0 Å². The molecular formula is C12H23NO2. The van der Waals surface area contributed by atoms with E-state index in [9.17, 15) is 5.11 Å². The zero-order valence-corrected chi connectivity index (χ0v) is 9.91. The molecule has 0 aromatic carbocycles. The van der Waals surface area contributed by atoms with Gasteiger partial charge in [0.2, 0.25) is 0 Å². The molecule has 3 nitrogen and oxygen atoms in total. The van der Waals surface area contributed by atoms with Crippen LogP contribution in [0.3, 0.4) is 0 Å². The first-order valence-corrected chi connectivity index (χ1v) is 6.17. The molecule has 15 heavy (non-hydrogen) atoms. The summed E-state index contributed by atoms with van der Waals surface area (Å²) in [5.74, 6) is 0. The van der Waals surface area contributed by atoms with Crippen LogP contribution >= 0.6 is 0 Å². The van der Waals surface area contributed by atoms with E-state index in [-0.39, 0.29) is 5.54 Å². The van der Waals surface area contributed by atoms with Gasteiger partial charge in [0.1, 0.15) is 0 Å². The molecule has 2 saturated heterocycles. The Hall–Kier alpha value is -0.120. The van der Waals surface area contributed by atoms with Crippen LogP contribution in [0.15, 0.2) is 0 Å². The molecule has 2 fully saturated rings. The average molecular weight is 213 g/mol. The molecule has 0 aliphatic carbocycles. The molecule has 2 aliphatic rings. The predicted octanol–water partition coefficient (Wildman–Crippen LogP) is 1.40. The number of aliphatic hydroxyl groups is 1. The Morgan fingerprint density at radius 2 is 2.27 bits per heavy atom. The van der Waals surface area contributed by atoms with Gasteiger partial charge in [0.15, 0.2) is 0 Å². The van der Waals surface area contributed by atoms with Crippen LogP contribution < -0.4 is 0 Å². The van der Waals surface area contributed by atoms with E-state index in [1.165, 1.54) is 19.3 Å². The Balaban J connectivity index is 2.00. The fraction of sp³-hybridized carbons (Fsp3) is 1.00. The second-order valence-electron chi connectivity index (χ2n) is 5.26. The lowest BCUT2D eigenvalue weighted by atomic mass is 9.95. The SMILES string of the molecule is CC(C)OCC12CCCN1[C@@H](CO)CC2. The molecule has 1 unspecified atom stereocenters. The molecule has 0 saturated carbocycles. The van der Waals surface area contributed by atoms with E-state index in [1.807, 2.05) is 0 Å². The minimum absolute atomic E-state index is 0.262. The summed E-state index contributed by atoms with van der Waals surface area (Å²) in [5, 5.41) is 9.32. The number of hydrogen-bond acceptors (Lipinski definition) is 3. The van der Waals surface area contributed by atoms with E-state index in [2.05, 4.69) is 18.7 Å². The van der Waals surface area contributed by atoms with Crippen LogP contribution in [0.25, 0.3) is 0 Å². The van der Waals surface area contributed by atoms with Crippen LogP contribution in [-0.2, 0) is 4.74 Å². The summed E-state index contributed by atoms with van der Waals surface area (Å²) in [4.78, 5) is 2.50. The third-order valence-corrected chi connectivity index (χ3v) is 3.93. The summed E-state index contributed by atoms with van der Waals surface area (Å²) in [5.41, 5.74) is 0.262. The van der Waals surface area contributed by atoms with Crippen molar-refractivity contribution in [3.8, 4) is 0 Å². The molecule has 2 heterocycles. The monoisotopic (exact) mass is 213 g/mol. The Bertz CT molecular complexity index is 220. The quantitative estimate of drug-likeness (QED) is 0.766. The highest BCUT2D eigenvalue weighted by molar-refractivity contribution is 5.04. The summed E-state index contributed by atoms with van der Waals surface area (Å²) >= 11 is 0. The van der Waals surface area contributed by atoms with Crippen LogP contribution in [0.2, 0.25) is 0 Å². The standard InChI is InChI=1S/C12H23NO2/c1-10(2)15-9-12-5-3-7-13(12)11(8-14)4-6-12/h10-11,14H,3-9H2,1-2H3/t11-,12?/m1/s1. The molecule has 88 valence electrons. The Labute approximate surface area is 92.4 Å². The highest BCUT2D eigenvalue weighted by Gasteiger charge is 2.48. The number of fused-ring (bicyclic) bond motifs is 1. The molecule has 0 radical (unpaired) electrons. The van der Waals surface area contributed by atoms with Gasteiger partial charge in [0.05, 0.1) is 19.3 Å². The molecule has 1 N–H and O–H groups in total. The van der Waals surface area contributed by atoms with Crippen molar-refractivity contribution in [3.63, 3.8) is 0 Å². The Morgan fingerprint density at radius 1 is 1.47 bits per heavy atom. The average Bonchev–Trinajstić information content (AvgIpc) is 2.72. The van der Waals surface area contributed by atoms with Crippen LogP contribution in [0.4, 0.5) is 0 Å². The van der Waals surface area contributed by atoms with Crippen LogP contribution in [-0.4, -0.2) is 47.4 Å². The predicted molar refractivity (Wildman–Crippen MR) is 59.9 cm³/mol. The number of ether oxygens (including phenoxy) is 1. The lowest BCUT2D eigenvalue weighted by molar-refractivity contribution is -0.0101. The van der Waals surface area contributed by atoms with Crippen molar-refractivity contribution >= 4 is 0 Å². The summed E-state index contributed by atoms with van der Waals surface area (Å²) in [7, 11) is 0. The van der Waals surface area contributed by atoms with E-state index in [0.717, 1.165) is 19.6 Å². The summed E-state index contributed by atoms with van der Waals surface area (Å²) in [6, 6.07) is 0.392.